The Hall–Kier alpha value is -1.93. The smallest absolute Gasteiger partial charge is 0.293 e. The van der Waals surface area contributed by atoms with Gasteiger partial charge >= 0.3 is 0 Å². The molecule has 2 N–H and O–H groups in total. The largest absolute Gasteiger partial charge is 0.362 e. The number of aromatic nitrogens is 2. The van der Waals surface area contributed by atoms with E-state index in [1.807, 2.05) is 0 Å². The molecular weight excluding hydrogens is 292 g/mol. The molecule has 0 saturated carbocycles. The molecule has 8 heteroatoms. The van der Waals surface area contributed by atoms with Crippen molar-refractivity contribution in [3.63, 3.8) is 0 Å². The van der Waals surface area contributed by atoms with Crippen molar-refractivity contribution in [2.45, 2.75) is 24.2 Å². The van der Waals surface area contributed by atoms with Crippen LogP contribution in [0.4, 0.5) is 5.88 Å². The van der Waals surface area contributed by atoms with Gasteiger partial charge in [0.2, 0.25) is 21.0 Å². The molecule has 1 saturated heterocycles. The SMILES string of the molecule is Nc1c[n+](-c2ccc(S(=O)(=O)N3CCCCC3)cc2)no1. The van der Waals surface area contributed by atoms with Gasteiger partial charge in [0.15, 0.2) is 0 Å². The number of nitrogens with zero attached hydrogens (tertiary/aromatic N) is 3. The summed E-state index contributed by atoms with van der Waals surface area (Å²) in [7, 11) is -3.40. The number of rotatable bonds is 3. The Morgan fingerprint density at radius 3 is 2.38 bits per heavy atom. The fraction of sp³-hybridized carbons (Fsp3) is 0.385. The first-order chi connectivity index (χ1) is 10.1. The second kappa shape index (κ2) is 5.45. The molecule has 0 radical (unpaired) electrons. The van der Waals surface area contributed by atoms with Crippen LogP contribution < -0.4 is 10.4 Å². The first kappa shape index (κ1) is 14.0. The van der Waals surface area contributed by atoms with Crippen LogP contribution >= 0.6 is 0 Å². The van der Waals surface area contributed by atoms with Crippen molar-refractivity contribution in [1.82, 2.24) is 9.58 Å². The molecular formula is C13H17N4O3S+. The van der Waals surface area contributed by atoms with Gasteiger partial charge < -0.3 is 5.73 Å². The fourth-order valence-electron chi connectivity index (χ4n) is 2.41. The van der Waals surface area contributed by atoms with Crippen LogP contribution in [-0.4, -0.2) is 31.1 Å². The second-order valence-electron chi connectivity index (χ2n) is 5.01. The number of benzene rings is 1. The van der Waals surface area contributed by atoms with Gasteiger partial charge in [-0.25, -0.2) is 8.42 Å². The summed E-state index contributed by atoms with van der Waals surface area (Å²) < 4.78 is 32.8. The van der Waals surface area contributed by atoms with Crippen LogP contribution in [0.2, 0.25) is 0 Å². The zero-order valence-corrected chi connectivity index (χ0v) is 12.3. The van der Waals surface area contributed by atoms with Crippen molar-refractivity contribution < 1.29 is 17.6 Å². The monoisotopic (exact) mass is 309 g/mol. The number of hydrogen-bond acceptors (Lipinski definition) is 5. The standard InChI is InChI=1S/C13H17N4O3S/c14-13-10-17(15-20-13)11-4-6-12(7-5-11)21(18,19)16-8-2-1-3-9-16/h4-7,10H,1-3,8-9,14H2/q+1. The van der Waals surface area contributed by atoms with Crippen LogP contribution in [0.15, 0.2) is 39.9 Å². The summed E-state index contributed by atoms with van der Waals surface area (Å²) in [6, 6.07) is 6.52. The average molecular weight is 309 g/mol. The van der Waals surface area contributed by atoms with Gasteiger partial charge in [-0.15, -0.1) is 0 Å². The lowest BCUT2D eigenvalue weighted by Gasteiger charge is -2.25. The normalized spacial score (nSPS) is 17.0. The Balaban J connectivity index is 1.86. The minimum Gasteiger partial charge on any atom is -0.362 e. The lowest BCUT2D eigenvalue weighted by molar-refractivity contribution is -0.670. The zero-order chi connectivity index (χ0) is 14.9. The lowest BCUT2D eigenvalue weighted by Crippen LogP contribution is -2.36. The quantitative estimate of drug-likeness (QED) is 0.843. The molecule has 112 valence electrons. The van der Waals surface area contributed by atoms with Crippen molar-refractivity contribution in [3.05, 3.63) is 30.5 Å². The van der Waals surface area contributed by atoms with E-state index in [4.69, 9.17) is 10.3 Å². The number of nitrogens with two attached hydrogens (primary N) is 1. The minimum absolute atomic E-state index is 0.194. The molecule has 0 spiro atoms. The van der Waals surface area contributed by atoms with E-state index in [0.29, 0.717) is 23.7 Å². The van der Waals surface area contributed by atoms with E-state index in [1.165, 1.54) is 10.9 Å². The highest BCUT2D eigenvalue weighted by atomic mass is 32.2. The van der Waals surface area contributed by atoms with Gasteiger partial charge in [0.05, 0.1) is 4.90 Å². The molecule has 0 unspecified atom stereocenters. The van der Waals surface area contributed by atoms with E-state index in [2.05, 4.69) is 5.27 Å². The number of piperidine rings is 1. The molecule has 1 fully saturated rings. The van der Waals surface area contributed by atoms with E-state index >= 15 is 0 Å². The van der Waals surface area contributed by atoms with Crippen molar-refractivity contribution in [2.24, 2.45) is 0 Å². The molecule has 0 aliphatic carbocycles. The highest BCUT2D eigenvalue weighted by Gasteiger charge is 2.26. The average Bonchev–Trinajstić information content (AvgIpc) is 2.95. The predicted octanol–water partition coefficient (Wildman–Crippen LogP) is 0.708. The van der Waals surface area contributed by atoms with Crippen LogP contribution in [-0.2, 0) is 10.0 Å². The third-order valence-corrected chi connectivity index (χ3v) is 5.45. The number of sulfonamides is 1. The Morgan fingerprint density at radius 2 is 1.81 bits per heavy atom. The molecule has 1 aliphatic rings. The lowest BCUT2D eigenvalue weighted by atomic mass is 10.2. The van der Waals surface area contributed by atoms with Crippen LogP contribution in [0.1, 0.15) is 19.3 Å². The maximum atomic E-state index is 12.5. The number of anilines is 1. The van der Waals surface area contributed by atoms with Gasteiger partial charge in [-0.1, -0.05) is 6.42 Å². The molecule has 1 aromatic carbocycles. The topological polar surface area (TPSA) is 93.3 Å². The van der Waals surface area contributed by atoms with Crippen molar-refractivity contribution in [1.29, 1.82) is 0 Å². The van der Waals surface area contributed by atoms with E-state index in [0.717, 1.165) is 19.3 Å². The van der Waals surface area contributed by atoms with Gasteiger partial charge in [-0.05, 0) is 29.7 Å². The Bertz CT molecular complexity index is 718. The summed E-state index contributed by atoms with van der Waals surface area (Å²) in [5.41, 5.74) is 6.15. The Labute approximate surface area is 123 Å². The molecule has 2 aromatic rings. The third kappa shape index (κ3) is 2.77. The maximum absolute atomic E-state index is 12.5. The zero-order valence-electron chi connectivity index (χ0n) is 11.5. The van der Waals surface area contributed by atoms with Gasteiger partial charge in [0.25, 0.3) is 12.1 Å². The summed E-state index contributed by atoms with van der Waals surface area (Å²) in [6.45, 7) is 1.19. The van der Waals surface area contributed by atoms with Crippen molar-refractivity contribution in [3.8, 4) is 5.69 Å². The molecule has 21 heavy (non-hydrogen) atoms. The Kier molecular flexibility index (Phi) is 3.64. The van der Waals surface area contributed by atoms with Gasteiger partial charge in [-0.2, -0.15) is 4.31 Å². The first-order valence-electron chi connectivity index (χ1n) is 6.82. The molecule has 1 aliphatic heterocycles. The highest BCUT2D eigenvalue weighted by molar-refractivity contribution is 7.89. The van der Waals surface area contributed by atoms with Crippen LogP contribution in [0.5, 0.6) is 0 Å². The van der Waals surface area contributed by atoms with Crippen LogP contribution in [0.3, 0.4) is 0 Å². The number of hydrogen-bond donors (Lipinski definition) is 1. The van der Waals surface area contributed by atoms with Gasteiger partial charge in [0, 0.05) is 25.2 Å². The summed E-state index contributed by atoms with van der Waals surface area (Å²) in [6.07, 6.45) is 4.46. The van der Waals surface area contributed by atoms with Crippen LogP contribution in [0.25, 0.3) is 5.69 Å². The Morgan fingerprint density at radius 1 is 1.14 bits per heavy atom. The molecule has 0 atom stereocenters. The summed E-state index contributed by atoms with van der Waals surface area (Å²) in [5, 5.41) is 3.72. The van der Waals surface area contributed by atoms with E-state index in [-0.39, 0.29) is 5.88 Å². The third-order valence-electron chi connectivity index (χ3n) is 3.54. The number of nitrogen functional groups attached to an aromatic ring is 1. The van der Waals surface area contributed by atoms with Crippen LogP contribution in [0, 0.1) is 0 Å². The first-order valence-corrected chi connectivity index (χ1v) is 8.26. The summed E-state index contributed by atoms with van der Waals surface area (Å²) in [5.74, 6) is 0.194. The van der Waals surface area contributed by atoms with Crippen molar-refractivity contribution in [2.75, 3.05) is 18.8 Å². The molecule has 1 aromatic heterocycles. The molecule has 0 bridgehead atoms. The fourth-order valence-corrected chi connectivity index (χ4v) is 3.92. The van der Waals surface area contributed by atoms with Gasteiger partial charge in [0.1, 0.15) is 0 Å². The maximum Gasteiger partial charge on any atom is 0.293 e. The minimum atomic E-state index is -3.40. The predicted molar refractivity (Wildman–Crippen MR) is 75.1 cm³/mol. The second-order valence-corrected chi connectivity index (χ2v) is 6.95. The molecule has 2 heterocycles. The highest BCUT2D eigenvalue weighted by Crippen LogP contribution is 2.20. The van der Waals surface area contributed by atoms with E-state index in [1.54, 1.807) is 28.6 Å². The molecule has 7 nitrogen and oxygen atoms in total. The van der Waals surface area contributed by atoms with Crippen molar-refractivity contribution >= 4 is 15.9 Å². The molecule has 3 rings (SSSR count). The molecule has 0 amide bonds. The summed E-state index contributed by atoms with van der Waals surface area (Å²) in [4.78, 5) is 0.296. The van der Waals surface area contributed by atoms with Gasteiger partial charge in [-0.3, -0.25) is 4.52 Å². The summed E-state index contributed by atoms with van der Waals surface area (Å²) >= 11 is 0. The van der Waals surface area contributed by atoms with E-state index < -0.39 is 10.0 Å². The van der Waals surface area contributed by atoms with E-state index in [9.17, 15) is 8.42 Å².